The van der Waals surface area contributed by atoms with E-state index in [1.165, 1.54) is 19.3 Å². The monoisotopic (exact) mass is 387 g/mol. The summed E-state index contributed by atoms with van der Waals surface area (Å²) in [7, 11) is 0. The van der Waals surface area contributed by atoms with Crippen LogP contribution in [-0.4, -0.2) is 38.9 Å². The molecule has 1 N–H and O–H groups in total. The minimum absolute atomic E-state index is 0.00854. The van der Waals surface area contributed by atoms with E-state index in [4.69, 9.17) is 0 Å². The van der Waals surface area contributed by atoms with Crippen molar-refractivity contribution in [3.63, 3.8) is 0 Å². The maximum atomic E-state index is 13.5. The molecular formula is C21H29N3O2S. The van der Waals surface area contributed by atoms with E-state index in [0.717, 1.165) is 29.5 Å². The van der Waals surface area contributed by atoms with Crippen LogP contribution in [-0.2, 0) is 11.3 Å². The van der Waals surface area contributed by atoms with E-state index in [2.05, 4.69) is 18.3 Å². The van der Waals surface area contributed by atoms with Crippen LogP contribution in [0.5, 0.6) is 0 Å². The fraction of sp³-hybridized carbons (Fsp3) is 0.619. The van der Waals surface area contributed by atoms with Crippen LogP contribution in [0.1, 0.15) is 69.8 Å². The molecule has 6 heteroatoms. The number of thiophene rings is 1. The summed E-state index contributed by atoms with van der Waals surface area (Å²) in [5.74, 6) is -0.0360. The number of hydrogen-bond acceptors (Lipinski definition) is 3. The van der Waals surface area contributed by atoms with Crippen molar-refractivity contribution in [3.8, 4) is 0 Å². The average molecular weight is 388 g/mol. The Kier molecular flexibility index (Phi) is 4.78. The molecule has 4 rings (SSSR count). The fourth-order valence-electron chi connectivity index (χ4n) is 4.69. The maximum absolute atomic E-state index is 13.5. The van der Waals surface area contributed by atoms with Crippen LogP contribution in [0.2, 0.25) is 0 Å². The van der Waals surface area contributed by atoms with Gasteiger partial charge in [-0.05, 0) is 50.6 Å². The average Bonchev–Trinajstić information content (AvgIpc) is 3.24. The van der Waals surface area contributed by atoms with E-state index < -0.39 is 5.54 Å². The summed E-state index contributed by atoms with van der Waals surface area (Å²) in [6.45, 7) is 6.57. The highest BCUT2D eigenvalue weighted by atomic mass is 32.1. The van der Waals surface area contributed by atoms with Crippen LogP contribution in [0.4, 0.5) is 0 Å². The largest absolute Gasteiger partial charge is 0.351 e. The number of aromatic nitrogens is 1. The van der Waals surface area contributed by atoms with Gasteiger partial charge in [0, 0.05) is 12.1 Å². The van der Waals surface area contributed by atoms with Crippen molar-refractivity contribution in [2.75, 3.05) is 0 Å². The Morgan fingerprint density at radius 3 is 2.81 bits per heavy atom. The molecule has 0 bridgehead atoms. The minimum Gasteiger partial charge on any atom is -0.351 e. The number of hydrogen-bond donors (Lipinski definition) is 1. The number of fused-ring (bicyclic) bond motifs is 3. The lowest BCUT2D eigenvalue weighted by Gasteiger charge is -2.47. The molecule has 5 nitrogen and oxygen atoms in total. The molecule has 146 valence electrons. The zero-order chi connectivity index (χ0) is 19.2. The van der Waals surface area contributed by atoms with E-state index in [9.17, 15) is 9.59 Å². The summed E-state index contributed by atoms with van der Waals surface area (Å²) in [6, 6.07) is 4.29. The van der Waals surface area contributed by atoms with Crippen molar-refractivity contribution in [1.29, 1.82) is 0 Å². The van der Waals surface area contributed by atoms with E-state index in [0.29, 0.717) is 12.2 Å². The van der Waals surface area contributed by atoms with Gasteiger partial charge in [0.25, 0.3) is 5.91 Å². The molecule has 0 aromatic carbocycles. The number of carbonyl (C=O) groups is 2. The number of nitrogens with one attached hydrogen (secondary N) is 1. The number of amides is 2. The Morgan fingerprint density at radius 1 is 1.37 bits per heavy atom. The Hall–Kier alpha value is -1.82. The van der Waals surface area contributed by atoms with Gasteiger partial charge in [0.2, 0.25) is 5.91 Å². The number of carbonyl (C=O) groups excluding carboxylic acids is 2. The lowest BCUT2D eigenvalue weighted by molar-refractivity contribution is -0.135. The van der Waals surface area contributed by atoms with Crippen molar-refractivity contribution in [3.05, 3.63) is 23.2 Å². The van der Waals surface area contributed by atoms with Crippen molar-refractivity contribution in [2.24, 2.45) is 0 Å². The highest BCUT2D eigenvalue weighted by Gasteiger charge is 2.49. The molecule has 27 heavy (non-hydrogen) atoms. The molecule has 2 aliphatic rings. The van der Waals surface area contributed by atoms with E-state index >= 15 is 0 Å². The third kappa shape index (κ3) is 2.98. The lowest BCUT2D eigenvalue weighted by Crippen LogP contribution is -2.67. The molecule has 2 aromatic heterocycles. The SMILES string of the molecule is CCC(C)N1C(=O)c2cc3sccc3n2CC1(C)C(=O)NC1CCCCC1. The van der Waals surface area contributed by atoms with Crippen LogP contribution in [0.3, 0.4) is 0 Å². The molecule has 2 amide bonds. The Labute approximate surface area is 164 Å². The Morgan fingerprint density at radius 2 is 2.11 bits per heavy atom. The Balaban J connectivity index is 1.72. The zero-order valence-electron chi connectivity index (χ0n) is 16.5. The molecule has 1 aliphatic heterocycles. The molecule has 2 unspecified atom stereocenters. The van der Waals surface area contributed by atoms with E-state index in [1.54, 1.807) is 11.3 Å². The first-order valence-corrected chi connectivity index (χ1v) is 11.0. The highest BCUT2D eigenvalue weighted by molar-refractivity contribution is 7.17. The molecule has 0 spiro atoms. The summed E-state index contributed by atoms with van der Waals surface area (Å²) in [5, 5.41) is 5.32. The van der Waals surface area contributed by atoms with Crippen LogP contribution in [0.15, 0.2) is 17.5 Å². The second-order valence-electron chi connectivity index (χ2n) is 8.30. The van der Waals surface area contributed by atoms with Gasteiger partial charge in [0.1, 0.15) is 11.2 Å². The third-order valence-electron chi connectivity index (χ3n) is 6.42. The van der Waals surface area contributed by atoms with Gasteiger partial charge in [-0.15, -0.1) is 11.3 Å². The predicted octanol–water partition coefficient (Wildman–Crippen LogP) is 4.16. The van der Waals surface area contributed by atoms with E-state index in [1.807, 2.05) is 34.8 Å². The van der Waals surface area contributed by atoms with Gasteiger partial charge in [-0.25, -0.2) is 0 Å². The third-order valence-corrected chi connectivity index (χ3v) is 7.27. The van der Waals surface area contributed by atoms with Gasteiger partial charge in [0.05, 0.1) is 16.8 Å². The first kappa shape index (κ1) is 18.5. The first-order chi connectivity index (χ1) is 13.0. The topological polar surface area (TPSA) is 54.3 Å². The van der Waals surface area contributed by atoms with Gasteiger partial charge < -0.3 is 14.8 Å². The maximum Gasteiger partial charge on any atom is 0.271 e. The molecule has 2 aromatic rings. The second-order valence-corrected chi connectivity index (χ2v) is 9.25. The van der Waals surface area contributed by atoms with Gasteiger partial charge >= 0.3 is 0 Å². The van der Waals surface area contributed by atoms with Gasteiger partial charge in [-0.3, -0.25) is 9.59 Å². The molecule has 1 aliphatic carbocycles. The minimum atomic E-state index is -0.870. The van der Waals surface area contributed by atoms with Crippen LogP contribution < -0.4 is 5.32 Å². The zero-order valence-corrected chi connectivity index (χ0v) is 17.3. The lowest BCUT2D eigenvalue weighted by atomic mass is 9.90. The summed E-state index contributed by atoms with van der Waals surface area (Å²) in [5.41, 5.74) is 0.897. The van der Waals surface area contributed by atoms with Gasteiger partial charge in [0.15, 0.2) is 0 Å². The molecule has 0 radical (unpaired) electrons. The van der Waals surface area contributed by atoms with Crippen molar-refractivity contribution in [2.45, 2.75) is 83.5 Å². The quantitative estimate of drug-likeness (QED) is 0.856. The standard InChI is InChI=1S/C21H29N3O2S/c1-4-14(2)24-19(25)17-12-18-16(10-11-27-18)23(17)13-21(24,3)20(26)22-15-8-6-5-7-9-15/h10-12,14-15H,4-9,13H2,1-3H3,(H,22,26). The van der Waals surface area contributed by atoms with Crippen LogP contribution >= 0.6 is 11.3 Å². The summed E-state index contributed by atoms with van der Waals surface area (Å²) in [6.07, 6.45) is 6.52. The fourth-order valence-corrected chi connectivity index (χ4v) is 5.52. The molecule has 2 atom stereocenters. The number of rotatable bonds is 4. The molecular weight excluding hydrogens is 358 g/mol. The van der Waals surface area contributed by atoms with Gasteiger partial charge in [-0.2, -0.15) is 0 Å². The molecule has 1 fully saturated rings. The normalized spacial score (nSPS) is 24.9. The van der Waals surface area contributed by atoms with Crippen molar-refractivity contribution in [1.82, 2.24) is 14.8 Å². The first-order valence-electron chi connectivity index (χ1n) is 10.2. The predicted molar refractivity (Wildman–Crippen MR) is 109 cm³/mol. The van der Waals surface area contributed by atoms with Crippen LogP contribution in [0, 0.1) is 0 Å². The van der Waals surface area contributed by atoms with Gasteiger partial charge in [-0.1, -0.05) is 26.2 Å². The highest BCUT2D eigenvalue weighted by Crippen LogP contribution is 2.36. The van der Waals surface area contributed by atoms with Crippen molar-refractivity contribution < 1.29 is 9.59 Å². The molecule has 1 saturated carbocycles. The smallest absolute Gasteiger partial charge is 0.271 e. The second kappa shape index (κ2) is 6.97. The Bertz CT molecular complexity index is 864. The summed E-state index contributed by atoms with van der Waals surface area (Å²) in [4.78, 5) is 28.7. The molecule has 3 heterocycles. The molecule has 0 saturated heterocycles. The summed E-state index contributed by atoms with van der Waals surface area (Å²) < 4.78 is 3.16. The summed E-state index contributed by atoms with van der Waals surface area (Å²) >= 11 is 1.64. The van der Waals surface area contributed by atoms with E-state index in [-0.39, 0.29) is 23.9 Å². The van der Waals surface area contributed by atoms with Crippen LogP contribution in [0.25, 0.3) is 10.2 Å². The van der Waals surface area contributed by atoms with Crippen molar-refractivity contribution >= 4 is 33.4 Å². The number of nitrogens with zero attached hydrogens (tertiary/aromatic N) is 2.